The number of anilines is 1. The lowest BCUT2D eigenvalue weighted by molar-refractivity contribution is -0.117. The van der Waals surface area contributed by atoms with E-state index in [0.29, 0.717) is 37.6 Å². The van der Waals surface area contributed by atoms with Crippen LogP contribution in [0.3, 0.4) is 0 Å². The second-order valence-corrected chi connectivity index (χ2v) is 8.34. The van der Waals surface area contributed by atoms with Gasteiger partial charge in [-0.15, -0.1) is 0 Å². The Labute approximate surface area is 192 Å². The number of nitrogens with one attached hydrogen (secondary N) is 1. The van der Waals surface area contributed by atoms with E-state index < -0.39 is 0 Å². The van der Waals surface area contributed by atoms with Gasteiger partial charge in [0.2, 0.25) is 5.91 Å². The molecule has 4 rings (SSSR count). The first-order chi connectivity index (χ1) is 16.0. The van der Waals surface area contributed by atoms with Gasteiger partial charge in [0.05, 0.1) is 19.3 Å². The van der Waals surface area contributed by atoms with Crippen molar-refractivity contribution in [3.8, 4) is 0 Å². The Morgan fingerprint density at radius 1 is 1.03 bits per heavy atom. The molecule has 3 aromatic rings. The summed E-state index contributed by atoms with van der Waals surface area (Å²) in [4.78, 5) is 29.2. The molecule has 0 aliphatic carbocycles. The van der Waals surface area contributed by atoms with E-state index in [-0.39, 0.29) is 24.2 Å². The summed E-state index contributed by atoms with van der Waals surface area (Å²) in [5.74, 6) is 0.0740. The van der Waals surface area contributed by atoms with Crippen LogP contribution in [0.25, 0.3) is 0 Å². The zero-order valence-electron chi connectivity index (χ0n) is 18.7. The smallest absolute Gasteiger partial charge is 0.253 e. The highest BCUT2D eigenvalue weighted by molar-refractivity contribution is 5.94. The molecule has 0 unspecified atom stereocenters. The number of carbonyl (C=O) groups excluding carboxylic acids is 2. The third kappa shape index (κ3) is 6.04. The summed E-state index contributed by atoms with van der Waals surface area (Å²) in [5.41, 5.74) is 2.77. The van der Waals surface area contributed by atoms with Gasteiger partial charge in [0, 0.05) is 37.8 Å². The highest BCUT2D eigenvalue weighted by Gasteiger charge is 2.22. The summed E-state index contributed by atoms with van der Waals surface area (Å²) in [5, 5.41) is 7.30. The lowest BCUT2D eigenvalue weighted by Crippen LogP contribution is -2.38. The molecule has 1 aromatic heterocycles. The number of aromatic nitrogens is 2. The van der Waals surface area contributed by atoms with E-state index in [0.717, 1.165) is 18.5 Å². The maximum Gasteiger partial charge on any atom is 0.253 e. The van der Waals surface area contributed by atoms with Gasteiger partial charge in [0.25, 0.3) is 5.91 Å². The molecule has 1 N–H and O–H groups in total. The second-order valence-electron chi connectivity index (χ2n) is 8.34. The summed E-state index contributed by atoms with van der Waals surface area (Å²) in [6.07, 6.45) is 2.45. The molecule has 1 fully saturated rings. The van der Waals surface area contributed by atoms with E-state index in [1.165, 1.54) is 29.8 Å². The molecule has 0 atom stereocenters. The summed E-state index contributed by atoms with van der Waals surface area (Å²) in [6.45, 7) is 5.33. The van der Waals surface area contributed by atoms with E-state index in [1.54, 1.807) is 21.8 Å². The van der Waals surface area contributed by atoms with E-state index in [9.17, 15) is 14.0 Å². The van der Waals surface area contributed by atoms with Gasteiger partial charge in [-0.3, -0.25) is 14.5 Å². The summed E-state index contributed by atoms with van der Waals surface area (Å²) in [7, 11) is 0. The third-order valence-electron chi connectivity index (χ3n) is 5.73. The number of amides is 2. The molecule has 8 heteroatoms. The number of carbonyl (C=O) groups is 2. The summed E-state index contributed by atoms with van der Waals surface area (Å²) >= 11 is 0. The van der Waals surface area contributed by atoms with Gasteiger partial charge >= 0.3 is 0 Å². The SMILES string of the molecule is Cc1cccc(Cn2nccc2NC(=O)CN2CCCN(C(=O)c3ccc(F)cc3)CC2)c1. The van der Waals surface area contributed by atoms with Crippen LogP contribution < -0.4 is 5.32 Å². The van der Waals surface area contributed by atoms with E-state index in [4.69, 9.17) is 0 Å². The minimum atomic E-state index is -0.361. The Morgan fingerprint density at radius 2 is 1.85 bits per heavy atom. The highest BCUT2D eigenvalue weighted by atomic mass is 19.1. The highest BCUT2D eigenvalue weighted by Crippen LogP contribution is 2.13. The molecular formula is C25H28FN5O2. The molecule has 7 nitrogen and oxygen atoms in total. The van der Waals surface area contributed by atoms with Crippen molar-refractivity contribution in [3.63, 3.8) is 0 Å². The molecule has 0 radical (unpaired) electrons. The van der Waals surface area contributed by atoms with Crippen LogP contribution in [-0.4, -0.2) is 64.1 Å². The van der Waals surface area contributed by atoms with Gasteiger partial charge in [-0.25, -0.2) is 9.07 Å². The molecule has 0 saturated carbocycles. The fourth-order valence-corrected chi connectivity index (χ4v) is 4.04. The van der Waals surface area contributed by atoms with Gasteiger partial charge in [-0.05, 0) is 43.2 Å². The average Bonchev–Trinajstić information content (AvgIpc) is 3.08. The van der Waals surface area contributed by atoms with Gasteiger partial charge in [-0.2, -0.15) is 5.10 Å². The first-order valence-corrected chi connectivity index (χ1v) is 11.1. The van der Waals surface area contributed by atoms with Crippen molar-refractivity contribution < 1.29 is 14.0 Å². The Hall–Kier alpha value is -3.52. The largest absolute Gasteiger partial charge is 0.337 e. The predicted molar refractivity (Wildman–Crippen MR) is 124 cm³/mol. The van der Waals surface area contributed by atoms with Crippen molar-refractivity contribution in [3.05, 3.63) is 83.3 Å². The third-order valence-corrected chi connectivity index (χ3v) is 5.73. The number of aryl methyl sites for hydroxylation is 1. The maximum atomic E-state index is 13.1. The van der Waals surface area contributed by atoms with Crippen LogP contribution in [-0.2, 0) is 11.3 Å². The fraction of sp³-hybridized carbons (Fsp3) is 0.320. The number of rotatable bonds is 6. The molecule has 1 saturated heterocycles. The van der Waals surface area contributed by atoms with Crippen LogP contribution in [0.5, 0.6) is 0 Å². The monoisotopic (exact) mass is 449 g/mol. The van der Waals surface area contributed by atoms with E-state index in [2.05, 4.69) is 21.4 Å². The van der Waals surface area contributed by atoms with Crippen LogP contribution in [0.2, 0.25) is 0 Å². The van der Waals surface area contributed by atoms with Crippen molar-refractivity contribution >= 4 is 17.6 Å². The Bertz CT molecular complexity index is 1110. The van der Waals surface area contributed by atoms with Crippen molar-refractivity contribution in [2.24, 2.45) is 0 Å². The summed E-state index contributed by atoms with van der Waals surface area (Å²) in [6, 6.07) is 15.6. The maximum absolute atomic E-state index is 13.1. The van der Waals surface area contributed by atoms with Crippen molar-refractivity contribution in [2.75, 3.05) is 38.0 Å². The van der Waals surface area contributed by atoms with Crippen LogP contribution >= 0.6 is 0 Å². The van der Waals surface area contributed by atoms with Crippen molar-refractivity contribution in [2.45, 2.75) is 19.9 Å². The molecule has 172 valence electrons. The fourth-order valence-electron chi connectivity index (χ4n) is 4.04. The normalized spacial score (nSPS) is 14.7. The van der Waals surface area contributed by atoms with Gasteiger partial charge in [0.15, 0.2) is 0 Å². The Balaban J connectivity index is 1.30. The molecule has 33 heavy (non-hydrogen) atoms. The lowest BCUT2D eigenvalue weighted by atomic mass is 10.1. The van der Waals surface area contributed by atoms with Gasteiger partial charge in [0.1, 0.15) is 11.6 Å². The Kier molecular flexibility index (Phi) is 7.14. The average molecular weight is 450 g/mol. The standard InChI is InChI=1S/C25H28FN5O2/c1-19-4-2-5-20(16-19)17-31-23(10-11-27-31)28-24(32)18-29-12-3-13-30(15-14-29)25(33)21-6-8-22(26)9-7-21/h2,4-11,16H,3,12-15,17-18H2,1H3,(H,28,32). The van der Waals surface area contributed by atoms with Crippen LogP contribution in [0.4, 0.5) is 10.2 Å². The topological polar surface area (TPSA) is 70.5 Å². The number of hydrogen-bond donors (Lipinski definition) is 1. The molecule has 1 aliphatic rings. The number of hydrogen-bond acceptors (Lipinski definition) is 4. The van der Waals surface area contributed by atoms with Crippen LogP contribution in [0.15, 0.2) is 60.8 Å². The van der Waals surface area contributed by atoms with Gasteiger partial charge < -0.3 is 10.2 Å². The predicted octanol–water partition coefficient (Wildman–Crippen LogP) is 3.17. The minimum Gasteiger partial charge on any atom is -0.337 e. The molecule has 2 heterocycles. The quantitative estimate of drug-likeness (QED) is 0.628. The second kappa shape index (κ2) is 10.4. The van der Waals surface area contributed by atoms with Crippen LogP contribution in [0.1, 0.15) is 27.9 Å². The number of halogens is 1. The molecule has 0 bridgehead atoms. The Morgan fingerprint density at radius 3 is 2.64 bits per heavy atom. The lowest BCUT2D eigenvalue weighted by Gasteiger charge is -2.22. The molecule has 0 spiro atoms. The number of benzene rings is 2. The van der Waals surface area contributed by atoms with E-state index >= 15 is 0 Å². The molecule has 1 aliphatic heterocycles. The van der Waals surface area contributed by atoms with E-state index in [1.807, 2.05) is 25.1 Å². The first kappa shape index (κ1) is 22.7. The van der Waals surface area contributed by atoms with Crippen molar-refractivity contribution in [1.82, 2.24) is 19.6 Å². The zero-order chi connectivity index (χ0) is 23.2. The number of nitrogens with zero attached hydrogens (tertiary/aromatic N) is 4. The summed E-state index contributed by atoms with van der Waals surface area (Å²) < 4.78 is 14.9. The molecular weight excluding hydrogens is 421 g/mol. The first-order valence-electron chi connectivity index (χ1n) is 11.1. The molecule has 2 amide bonds. The van der Waals surface area contributed by atoms with Crippen molar-refractivity contribution in [1.29, 1.82) is 0 Å². The molecule has 2 aromatic carbocycles. The van der Waals surface area contributed by atoms with Crippen LogP contribution in [0, 0.1) is 12.7 Å². The van der Waals surface area contributed by atoms with Gasteiger partial charge in [-0.1, -0.05) is 29.8 Å². The minimum absolute atomic E-state index is 0.110. The zero-order valence-corrected chi connectivity index (χ0v) is 18.7.